The molecule has 84 valence electrons. The van der Waals surface area contributed by atoms with Crippen molar-refractivity contribution in [1.82, 2.24) is 0 Å². The number of carbonyl (C=O) groups is 1. The number of nitrogens with two attached hydrogens (primary N) is 1. The van der Waals surface area contributed by atoms with Crippen LogP contribution in [0, 0.1) is 0 Å². The summed E-state index contributed by atoms with van der Waals surface area (Å²) in [4.78, 5) is 10.4. The monoisotopic (exact) mass is 235 g/mol. The lowest BCUT2D eigenvalue weighted by atomic mass is 10.4. The number of thioether (sulfide) groups is 1. The maximum absolute atomic E-state index is 10.4. The Morgan fingerprint density at radius 1 is 1.50 bits per heavy atom. The average molecular weight is 235 g/mol. The molecule has 0 rings (SSSR count). The van der Waals surface area contributed by atoms with Crippen LogP contribution in [0.25, 0.3) is 0 Å². The van der Waals surface area contributed by atoms with E-state index in [0.717, 1.165) is 5.75 Å². The lowest BCUT2D eigenvalue weighted by Crippen LogP contribution is -2.32. The molecule has 14 heavy (non-hydrogen) atoms. The predicted octanol–water partition coefficient (Wildman–Crippen LogP) is 1.86. The summed E-state index contributed by atoms with van der Waals surface area (Å²) in [5.74, 6) is 0.662. The van der Waals surface area contributed by atoms with E-state index >= 15 is 0 Å². The van der Waals surface area contributed by atoms with Gasteiger partial charge in [-0.25, -0.2) is 0 Å². The van der Waals surface area contributed by atoms with Crippen LogP contribution in [0.4, 0.5) is 0 Å². The van der Waals surface area contributed by atoms with Crippen molar-refractivity contribution < 1.29 is 9.90 Å². The van der Waals surface area contributed by atoms with E-state index in [2.05, 4.69) is 19.6 Å². The van der Waals surface area contributed by atoms with Crippen molar-refractivity contribution in [3.63, 3.8) is 0 Å². The van der Waals surface area contributed by atoms with Crippen molar-refractivity contribution in [3.05, 3.63) is 0 Å². The summed E-state index contributed by atoms with van der Waals surface area (Å²) in [6, 6.07) is 0.606. The Bertz CT molecular complexity index is 182. The second-order valence-corrected chi connectivity index (χ2v) is 11.5. The molecule has 0 aliphatic carbocycles. The predicted molar refractivity (Wildman–Crippen MR) is 65.7 cm³/mol. The molecule has 0 bridgehead atoms. The van der Waals surface area contributed by atoms with Gasteiger partial charge >= 0.3 is 5.97 Å². The normalized spacial score (nSPS) is 14.0. The Hall–Kier alpha value is -0.00312. The van der Waals surface area contributed by atoms with Crippen LogP contribution < -0.4 is 5.73 Å². The summed E-state index contributed by atoms with van der Waals surface area (Å²) < 4.78 is 0. The fourth-order valence-corrected chi connectivity index (χ4v) is 3.39. The van der Waals surface area contributed by atoms with Gasteiger partial charge in [-0.15, -0.1) is 0 Å². The van der Waals surface area contributed by atoms with Gasteiger partial charge in [0.15, 0.2) is 0 Å². The molecule has 0 amide bonds. The van der Waals surface area contributed by atoms with Crippen LogP contribution in [0.5, 0.6) is 0 Å². The Labute approximate surface area is 91.5 Å². The highest BCUT2D eigenvalue weighted by Crippen LogP contribution is 2.14. The summed E-state index contributed by atoms with van der Waals surface area (Å²) in [7, 11) is -0.917. The molecule has 3 N–H and O–H groups in total. The number of aliphatic carboxylic acids is 1. The van der Waals surface area contributed by atoms with E-state index in [-0.39, 0.29) is 0 Å². The molecule has 0 aromatic carbocycles. The van der Waals surface area contributed by atoms with Crippen LogP contribution in [0.15, 0.2) is 0 Å². The van der Waals surface area contributed by atoms with Crippen LogP contribution in [-0.2, 0) is 4.79 Å². The van der Waals surface area contributed by atoms with Crippen molar-refractivity contribution in [2.45, 2.75) is 38.1 Å². The van der Waals surface area contributed by atoms with Crippen LogP contribution >= 0.6 is 11.8 Å². The average Bonchev–Trinajstić information content (AvgIpc) is 2.01. The van der Waals surface area contributed by atoms with Gasteiger partial charge in [0.05, 0.1) is 0 Å². The van der Waals surface area contributed by atoms with E-state index in [0.29, 0.717) is 5.75 Å². The van der Waals surface area contributed by atoms with Gasteiger partial charge in [-0.1, -0.05) is 25.7 Å². The van der Waals surface area contributed by atoms with Crippen LogP contribution in [0.1, 0.15) is 6.42 Å². The molecular formula is C9H21NO2SSi. The molecule has 0 saturated heterocycles. The molecule has 0 radical (unpaired) electrons. The largest absolute Gasteiger partial charge is 0.480 e. The van der Waals surface area contributed by atoms with Crippen LogP contribution in [0.2, 0.25) is 25.7 Å². The minimum atomic E-state index is -0.917. The first-order chi connectivity index (χ1) is 6.33. The van der Waals surface area contributed by atoms with Gasteiger partial charge in [-0.05, 0) is 12.2 Å². The van der Waals surface area contributed by atoms with E-state index in [1.54, 1.807) is 11.8 Å². The SMILES string of the molecule is C[Si](C)(C)CCCSC[C@H](N)C(=O)O. The van der Waals surface area contributed by atoms with Gasteiger partial charge in [0.1, 0.15) is 6.04 Å². The fraction of sp³-hybridized carbons (Fsp3) is 0.889. The number of rotatable bonds is 7. The number of carboxylic acids is 1. The zero-order valence-corrected chi connectivity index (χ0v) is 11.1. The molecule has 0 unspecified atom stereocenters. The van der Waals surface area contributed by atoms with Gasteiger partial charge in [0.2, 0.25) is 0 Å². The molecule has 0 saturated carbocycles. The first kappa shape index (κ1) is 14.0. The van der Waals surface area contributed by atoms with Gasteiger partial charge in [-0.3, -0.25) is 4.79 Å². The van der Waals surface area contributed by atoms with E-state index in [1.807, 2.05) is 0 Å². The highest BCUT2D eigenvalue weighted by atomic mass is 32.2. The summed E-state index contributed by atoms with van der Waals surface area (Å²) in [6.45, 7) is 7.04. The molecule has 0 spiro atoms. The van der Waals surface area contributed by atoms with Crippen LogP contribution in [-0.4, -0.2) is 36.7 Å². The van der Waals surface area contributed by atoms with Gasteiger partial charge < -0.3 is 10.8 Å². The summed E-state index contributed by atoms with van der Waals surface area (Å²) >= 11 is 1.65. The smallest absolute Gasteiger partial charge is 0.321 e. The molecular weight excluding hydrogens is 214 g/mol. The van der Waals surface area contributed by atoms with E-state index < -0.39 is 20.1 Å². The van der Waals surface area contributed by atoms with Gasteiger partial charge in [0.25, 0.3) is 0 Å². The molecule has 0 heterocycles. The van der Waals surface area contributed by atoms with Crippen molar-refractivity contribution in [3.8, 4) is 0 Å². The third kappa shape index (κ3) is 8.59. The van der Waals surface area contributed by atoms with Gasteiger partial charge in [0, 0.05) is 13.8 Å². The minimum absolute atomic E-state index is 0.529. The molecule has 0 aliphatic rings. The minimum Gasteiger partial charge on any atom is -0.480 e. The van der Waals surface area contributed by atoms with E-state index in [1.165, 1.54) is 12.5 Å². The molecule has 1 atom stereocenters. The molecule has 0 aromatic heterocycles. The zero-order valence-electron chi connectivity index (χ0n) is 9.25. The Balaban J connectivity index is 3.35. The summed E-state index contributed by atoms with van der Waals surface area (Å²) in [5.41, 5.74) is 5.37. The van der Waals surface area contributed by atoms with Crippen LogP contribution in [0.3, 0.4) is 0 Å². The van der Waals surface area contributed by atoms with Crippen molar-refractivity contribution in [1.29, 1.82) is 0 Å². The van der Waals surface area contributed by atoms with Crippen molar-refractivity contribution in [2.24, 2.45) is 5.73 Å². The van der Waals surface area contributed by atoms with E-state index in [4.69, 9.17) is 10.8 Å². The number of hydrogen-bond acceptors (Lipinski definition) is 3. The second-order valence-electron chi connectivity index (χ2n) is 4.68. The quantitative estimate of drug-likeness (QED) is 0.522. The Morgan fingerprint density at radius 2 is 2.07 bits per heavy atom. The zero-order chi connectivity index (χ0) is 11.2. The maximum atomic E-state index is 10.4. The Kier molecular flexibility index (Phi) is 6.47. The highest BCUT2D eigenvalue weighted by molar-refractivity contribution is 7.99. The lowest BCUT2D eigenvalue weighted by Gasteiger charge is -2.15. The molecule has 3 nitrogen and oxygen atoms in total. The molecule has 0 aliphatic heterocycles. The topological polar surface area (TPSA) is 63.3 Å². The fourth-order valence-electron chi connectivity index (χ4n) is 0.986. The molecule has 5 heteroatoms. The summed E-state index contributed by atoms with van der Waals surface area (Å²) in [6.07, 6.45) is 1.19. The maximum Gasteiger partial charge on any atom is 0.321 e. The Morgan fingerprint density at radius 3 is 2.50 bits per heavy atom. The van der Waals surface area contributed by atoms with Crippen molar-refractivity contribution in [2.75, 3.05) is 11.5 Å². The van der Waals surface area contributed by atoms with Gasteiger partial charge in [-0.2, -0.15) is 11.8 Å². The molecule has 0 aromatic rings. The number of carboxylic acid groups (broad SMARTS) is 1. The third-order valence-electron chi connectivity index (χ3n) is 1.83. The first-order valence-electron chi connectivity index (χ1n) is 4.89. The second kappa shape index (κ2) is 6.47. The first-order valence-corrected chi connectivity index (χ1v) is 9.75. The summed E-state index contributed by atoms with van der Waals surface area (Å²) in [5, 5.41) is 8.54. The number of hydrogen-bond donors (Lipinski definition) is 2. The highest BCUT2D eigenvalue weighted by Gasteiger charge is 2.13. The third-order valence-corrected chi connectivity index (χ3v) is 4.86. The molecule has 0 fully saturated rings. The lowest BCUT2D eigenvalue weighted by molar-refractivity contribution is -0.137. The van der Waals surface area contributed by atoms with Crippen molar-refractivity contribution >= 4 is 25.8 Å². The standard InChI is InChI=1S/C9H21NO2SSi/c1-14(2,3)6-4-5-13-7-8(10)9(11)12/h8H,4-7,10H2,1-3H3,(H,11,12)/t8-/m0/s1. The van der Waals surface area contributed by atoms with E-state index in [9.17, 15) is 4.79 Å².